The average Bonchev–Trinajstić information content (AvgIpc) is 3.22. The van der Waals surface area contributed by atoms with Crippen molar-refractivity contribution >= 4 is 35.1 Å². The van der Waals surface area contributed by atoms with Crippen LogP contribution in [-0.4, -0.2) is 77.2 Å². The number of nitrogens with zero attached hydrogens (tertiary/aromatic N) is 4. The van der Waals surface area contributed by atoms with Gasteiger partial charge in [-0.3, -0.25) is 14.4 Å². The number of likely N-dealkylation sites (tertiary alicyclic amines) is 1. The predicted molar refractivity (Wildman–Crippen MR) is 147 cm³/mol. The standard InChI is InChI=1S/C28H38ClN5O3/c1-7-22(12-13-33(6)17-20-8-9-23(29)18(2)14-20)34-24(10-11-26(34)35)27(36)31-25-16-21(15-19(3)30-25)28(37)32(4)5/h8-9,14-16,22,24H,7,10-13,17H2,1-6H3,(H,30,31,36)/t22?,24-/m1/s1. The first kappa shape index (κ1) is 28.6. The second kappa shape index (κ2) is 12.5. The Morgan fingerprint density at radius 2 is 1.92 bits per heavy atom. The number of rotatable bonds is 10. The average molecular weight is 528 g/mol. The first-order valence-electron chi connectivity index (χ1n) is 12.8. The van der Waals surface area contributed by atoms with Crippen molar-refractivity contribution in [1.29, 1.82) is 0 Å². The van der Waals surface area contributed by atoms with E-state index < -0.39 is 6.04 Å². The van der Waals surface area contributed by atoms with Gasteiger partial charge in [-0.05, 0) is 69.5 Å². The van der Waals surface area contributed by atoms with Gasteiger partial charge in [0.25, 0.3) is 5.91 Å². The summed E-state index contributed by atoms with van der Waals surface area (Å²) >= 11 is 6.15. The van der Waals surface area contributed by atoms with E-state index in [0.29, 0.717) is 29.9 Å². The van der Waals surface area contributed by atoms with Gasteiger partial charge in [-0.15, -0.1) is 0 Å². The number of carbonyl (C=O) groups excluding carboxylic acids is 3. The Labute approximate surface area is 225 Å². The maximum Gasteiger partial charge on any atom is 0.253 e. The molecule has 0 bridgehead atoms. The van der Waals surface area contributed by atoms with E-state index in [-0.39, 0.29) is 23.8 Å². The highest BCUT2D eigenvalue weighted by Crippen LogP contribution is 2.26. The third kappa shape index (κ3) is 7.29. The molecule has 2 aromatic rings. The molecule has 3 rings (SSSR count). The highest BCUT2D eigenvalue weighted by atomic mass is 35.5. The van der Waals surface area contributed by atoms with Crippen LogP contribution in [0.25, 0.3) is 0 Å². The zero-order valence-corrected chi connectivity index (χ0v) is 23.4. The van der Waals surface area contributed by atoms with E-state index in [1.165, 1.54) is 10.5 Å². The van der Waals surface area contributed by atoms with E-state index in [0.717, 1.165) is 36.5 Å². The molecule has 8 nitrogen and oxygen atoms in total. The van der Waals surface area contributed by atoms with Gasteiger partial charge in [0.1, 0.15) is 11.9 Å². The molecule has 1 unspecified atom stereocenters. The van der Waals surface area contributed by atoms with Gasteiger partial charge in [-0.2, -0.15) is 0 Å². The summed E-state index contributed by atoms with van der Waals surface area (Å²) in [5.41, 5.74) is 3.33. The van der Waals surface area contributed by atoms with Crippen LogP contribution in [0.4, 0.5) is 5.82 Å². The SMILES string of the molecule is CCC(CCN(C)Cc1ccc(Cl)c(C)c1)N1C(=O)CC[C@@H]1C(=O)Nc1cc(C(=O)N(C)C)cc(C)n1. The van der Waals surface area contributed by atoms with Crippen LogP contribution >= 0.6 is 11.6 Å². The van der Waals surface area contributed by atoms with Crippen molar-refractivity contribution in [2.45, 2.75) is 65.1 Å². The molecular formula is C28H38ClN5O3. The van der Waals surface area contributed by atoms with Crippen LogP contribution in [0, 0.1) is 13.8 Å². The van der Waals surface area contributed by atoms with Crippen LogP contribution in [0.5, 0.6) is 0 Å². The fraction of sp³-hybridized carbons (Fsp3) is 0.500. The number of pyridine rings is 1. The maximum atomic E-state index is 13.3. The lowest BCUT2D eigenvalue weighted by Crippen LogP contribution is -2.48. The molecule has 2 atom stereocenters. The second-order valence-corrected chi connectivity index (χ2v) is 10.5. The Kier molecular flexibility index (Phi) is 9.68. The van der Waals surface area contributed by atoms with Crippen molar-refractivity contribution in [3.8, 4) is 0 Å². The van der Waals surface area contributed by atoms with Crippen LogP contribution in [0.2, 0.25) is 5.02 Å². The van der Waals surface area contributed by atoms with Crippen molar-refractivity contribution in [2.75, 3.05) is 33.0 Å². The van der Waals surface area contributed by atoms with Crippen molar-refractivity contribution in [1.82, 2.24) is 19.7 Å². The summed E-state index contributed by atoms with van der Waals surface area (Å²) in [5.74, 6) is -0.109. The third-order valence-corrected chi connectivity index (χ3v) is 7.22. The highest BCUT2D eigenvalue weighted by Gasteiger charge is 2.39. The Hall–Kier alpha value is -2.97. The first-order valence-corrected chi connectivity index (χ1v) is 13.1. The fourth-order valence-corrected chi connectivity index (χ4v) is 4.96. The van der Waals surface area contributed by atoms with Gasteiger partial charge in [0, 0.05) is 55.9 Å². The molecule has 37 heavy (non-hydrogen) atoms. The minimum atomic E-state index is -0.558. The molecule has 1 aromatic carbocycles. The number of nitrogens with one attached hydrogen (secondary N) is 1. The maximum absolute atomic E-state index is 13.3. The summed E-state index contributed by atoms with van der Waals surface area (Å²) in [7, 11) is 5.41. The summed E-state index contributed by atoms with van der Waals surface area (Å²) in [6.45, 7) is 7.39. The number of aryl methyl sites for hydroxylation is 2. The number of carbonyl (C=O) groups is 3. The van der Waals surface area contributed by atoms with Gasteiger partial charge in [0.05, 0.1) is 0 Å². The quantitative estimate of drug-likeness (QED) is 0.498. The van der Waals surface area contributed by atoms with Gasteiger partial charge in [0.2, 0.25) is 11.8 Å². The molecule has 1 aliphatic rings. The molecule has 9 heteroatoms. The minimum absolute atomic E-state index is 0.00338. The Balaban J connectivity index is 1.66. The summed E-state index contributed by atoms with van der Waals surface area (Å²) in [6.07, 6.45) is 2.34. The van der Waals surface area contributed by atoms with Gasteiger partial charge < -0.3 is 20.0 Å². The molecule has 0 spiro atoms. The van der Waals surface area contributed by atoms with E-state index in [2.05, 4.69) is 35.2 Å². The molecule has 1 aromatic heterocycles. The Morgan fingerprint density at radius 3 is 2.57 bits per heavy atom. The van der Waals surface area contributed by atoms with Gasteiger partial charge >= 0.3 is 0 Å². The van der Waals surface area contributed by atoms with Crippen LogP contribution in [0.1, 0.15) is 59.8 Å². The first-order chi connectivity index (χ1) is 17.5. The third-order valence-electron chi connectivity index (χ3n) is 6.80. The van der Waals surface area contributed by atoms with Crippen molar-refractivity contribution in [3.63, 3.8) is 0 Å². The number of anilines is 1. The van der Waals surface area contributed by atoms with Crippen LogP contribution in [0.3, 0.4) is 0 Å². The number of halogens is 1. The predicted octanol–water partition coefficient (Wildman–Crippen LogP) is 4.28. The normalized spacial score (nSPS) is 16.3. The van der Waals surface area contributed by atoms with E-state index in [1.807, 2.05) is 19.1 Å². The molecule has 0 radical (unpaired) electrons. The molecule has 3 amide bonds. The molecule has 1 N–H and O–H groups in total. The molecular weight excluding hydrogens is 490 g/mol. The largest absolute Gasteiger partial charge is 0.345 e. The van der Waals surface area contributed by atoms with E-state index in [1.54, 1.807) is 38.1 Å². The number of amides is 3. The highest BCUT2D eigenvalue weighted by molar-refractivity contribution is 6.31. The van der Waals surface area contributed by atoms with E-state index in [4.69, 9.17) is 11.6 Å². The smallest absolute Gasteiger partial charge is 0.253 e. The lowest BCUT2D eigenvalue weighted by molar-refractivity contribution is -0.136. The zero-order chi connectivity index (χ0) is 27.3. The lowest BCUT2D eigenvalue weighted by Gasteiger charge is -2.33. The number of hydrogen-bond acceptors (Lipinski definition) is 5. The molecule has 1 saturated heterocycles. The summed E-state index contributed by atoms with van der Waals surface area (Å²) in [5, 5.41) is 3.62. The number of hydrogen-bond donors (Lipinski definition) is 1. The monoisotopic (exact) mass is 527 g/mol. The molecule has 0 aliphatic carbocycles. The van der Waals surface area contributed by atoms with Crippen molar-refractivity contribution < 1.29 is 14.4 Å². The van der Waals surface area contributed by atoms with Crippen LogP contribution in [0.15, 0.2) is 30.3 Å². The molecule has 0 saturated carbocycles. The summed E-state index contributed by atoms with van der Waals surface area (Å²) in [4.78, 5) is 48.4. The summed E-state index contributed by atoms with van der Waals surface area (Å²) < 4.78 is 0. The summed E-state index contributed by atoms with van der Waals surface area (Å²) in [6, 6.07) is 8.72. The zero-order valence-electron chi connectivity index (χ0n) is 22.7. The lowest BCUT2D eigenvalue weighted by atomic mass is 10.1. The van der Waals surface area contributed by atoms with Crippen molar-refractivity contribution in [3.05, 3.63) is 57.7 Å². The second-order valence-electron chi connectivity index (χ2n) is 10.1. The Bertz CT molecular complexity index is 1150. The van der Waals surface area contributed by atoms with Gasteiger partial charge in [0.15, 0.2) is 0 Å². The van der Waals surface area contributed by atoms with Gasteiger partial charge in [-0.25, -0.2) is 4.98 Å². The van der Waals surface area contributed by atoms with E-state index in [9.17, 15) is 14.4 Å². The van der Waals surface area contributed by atoms with Crippen molar-refractivity contribution in [2.24, 2.45) is 0 Å². The molecule has 200 valence electrons. The molecule has 1 aliphatic heterocycles. The topological polar surface area (TPSA) is 85.8 Å². The number of aromatic nitrogens is 1. The number of benzene rings is 1. The minimum Gasteiger partial charge on any atom is -0.345 e. The van der Waals surface area contributed by atoms with Crippen LogP contribution < -0.4 is 5.32 Å². The fourth-order valence-electron chi connectivity index (χ4n) is 4.85. The van der Waals surface area contributed by atoms with Crippen LogP contribution in [-0.2, 0) is 16.1 Å². The molecule has 1 fully saturated rings. The Morgan fingerprint density at radius 1 is 1.19 bits per heavy atom. The molecule has 2 heterocycles. The van der Waals surface area contributed by atoms with E-state index >= 15 is 0 Å². The van der Waals surface area contributed by atoms with Gasteiger partial charge in [-0.1, -0.05) is 30.7 Å².